The molecule has 1 aromatic carbocycles. The van der Waals surface area contributed by atoms with E-state index in [-0.39, 0.29) is 10.9 Å². The Morgan fingerprint density at radius 1 is 1.24 bits per heavy atom. The first-order chi connectivity index (χ1) is 9.97. The summed E-state index contributed by atoms with van der Waals surface area (Å²) in [6, 6.07) is 11.6. The summed E-state index contributed by atoms with van der Waals surface area (Å²) in [7, 11) is -3.82. The van der Waals surface area contributed by atoms with Crippen molar-refractivity contribution in [1.29, 1.82) is 0 Å². The first kappa shape index (κ1) is 15.5. The highest BCUT2D eigenvalue weighted by atomic mass is 79.9. The molecule has 8 heteroatoms. The van der Waals surface area contributed by atoms with Crippen LogP contribution in [0.1, 0.15) is 5.69 Å². The second-order valence-corrected chi connectivity index (χ2v) is 6.60. The van der Waals surface area contributed by atoms with Gasteiger partial charge < -0.3 is 11.1 Å². The molecule has 0 radical (unpaired) electrons. The van der Waals surface area contributed by atoms with Crippen LogP contribution in [-0.2, 0) is 16.6 Å². The lowest BCUT2D eigenvalue weighted by Crippen LogP contribution is -2.32. The highest BCUT2D eigenvalue weighted by molar-refractivity contribution is 9.10. The Kier molecular flexibility index (Phi) is 4.92. The molecule has 21 heavy (non-hydrogen) atoms. The van der Waals surface area contributed by atoms with Gasteiger partial charge in [0.15, 0.2) is 0 Å². The standard InChI is InChI=1S/C13H13BrN4O2S/c14-10-4-6-12(7-5-10)21(19,20)18-13(15)17-9-11-3-1-2-8-16-11/h1-8H,9H2,(H3,15,17,18). The second kappa shape index (κ2) is 6.68. The van der Waals surface area contributed by atoms with Crippen LogP contribution in [0.3, 0.4) is 0 Å². The number of aromatic nitrogens is 1. The number of nitrogens with one attached hydrogen (secondary N) is 1. The van der Waals surface area contributed by atoms with Gasteiger partial charge in [0.1, 0.15) is 0 Å². The second-order valence-electron chi connectivity index (χ2n) is 4.08. The third kappa shape index (κ3) is 4.54. The molecule has 1 heterocycles. The quantitative estimate of drug-likeness (QED) is 0.631. The smallest absolute Gasteiger partial charge is 0.285 e. The van der Waals surface area contributed by atoms with E-state index in [1.807, 2.05) is 6.07 Å². The molecule has 0 saturated heterocycles. The van der Waals surface area contributed by atoms with Crippen LogP contribution in [0.15, 0.2) is 62.4 Å². The van der Waals surface area contributed by atoms with Crippen molar-refractivity contribution in [3.8, 4) is 0 Å². The van der Waals surface area contributed by atoms with E-state index in [0.717, 1.165) is 10.2 Å². The van der Waals surface area contributed by atoms with E-state index in [1.165, 1.54) is 12.1 Å². The maximum Gasteiger partial charge on any atom is 0.285 e. The summed E-state index contributed by atoms with van der Waals surface area (Å²) >= 11 is 3.24. The topological polar surface area (TPSA) is 97.4 Å². The van der Waals surface area contributed by atoms with Gasteiger partial charge in [-0.2, -0.15) is 8.42 Å². The van der Waals surface area contributed by atoms with Crippen molar-refractivity contribution in [2.45, 2.75) is 11.4 Å². The minimum atomic E-state index is -3.82. The first-order valence-electron chi connectivity index (χ1n) is 5.97. The number of rotatable bonds is 4. The van der Waals surface area contributed by atoms with Gasteiger partial charge in [-0.05, 0) is 36.4 Å². The van der Waals surface area contributed by atoms with Gasteiger partial charge in [0, 0.05) is 10.7 Å². The fourth-order valence-corrected chi connectivity index (χ4v) is 2.68. The van der Waals surface area contributed by atoms with Crippen LogP contribution < -0.4 is 11.1 Å². The van der Waals surface area contributed by atoms with Gasteiger partial charge in [-0.25, -0.2) is 0 Å². The van der Waals surface area contributed by atoms with Crippen LogP contribution in [0, 0.1) is 0 Å². The van der Waals surface area contributed by atoms with Crippen molar-refractivity contribution in [3.63, 3.8) is 0 Å². The van der Waals surface area contributed by atoms with Crippen LogP contribution in [0.4, 0.5) is 0 Å². The molecule has 2 rings (SSSR count). The number of sulfonamides is 1. The lowest BCUT2D eigenvalue weighted by molar-refractivity contribution is 0.597. The monoisotopic (exact) mass is 368 g/mol. The minimum Gasteiger partial charge on any atom is -0.369 e. The maximum atomic E-state index is 12.0. The Bertz CT molecular complexity index is 731. The summed E-state index contributed by atoms with van der Waals surface area (Å²) in [6.07, 6.45) is 1.64. The van der Waals surface area contributed by atoms with Crippen LogP contribution >= 0.6 is 15.9 Å². The molecule has 0 unspecified atom stereocenters. The molecular formula is C13H13BrN4O2S. The number of guanidine groups is 1. The molecular weight excluding hydrogens is 356 g/mol. The largest absolute Gasteiger partial charge is 0.369 e. The molecule has 110 valence electrons. The molecule has 0 amide bonds. The summed E-state index contributed by atoms with van der Waals surface area (Å²) in [5, 5.41) is 2.71. The van der Waals surface area contributed by atoms with E-state index in [9.17, 15) is 8.42 Å². The van der Waals surface area contributed by atoms with Crippen LogP contribution in [0.25, 0.3) is 0 Å². The molecule has 2 aromatic rings. The molecule has 0 bridgehead atoms. The molecule has 0 aliphatic rings. The molecule has 1 aromatic heterocycles. The van der Waals surface area contributed by atoms with Crippen molar-refractivity contribution in [2.24, 2.45) is 10.1 Å². The van der Waals surface area contributed by atoms with Crippen LogP contribution in [0.2, 0.25) is 0 Å². The number of pyridine rings is 1. The molecule has 6 nitrogen and oxygen atoms in total. The van der Waals surface area contributed by atoms with Gasteiger partial charge in [0.25, 0.3) is 10.0 Å². The fourth-order valence-electron chi connectivity index (χ4n) is 1.50. The number of hydrogen-bond acceptors (Lipinski definition) is 3. The minimum absolute atomic E-state index is 0.0771. The highest BCUT2D eigenvalue weighted by Crippen LogP contribution is 2.16. The number of halogens is 1. The number of hydrogen-bond donors (Lipinski definition) is 2. The third-order valence-corrected chi connectivity index (χ3v) is 4.34. The summed E-state index contributed by atoms with van der Waals surface area (Å²) in [4.78, 5) is 4.16. The SMILES string of the molecule is N/C(=N\S(=O)(=O)c1ccc(Br)cc1)NCc1ccccn1. The fraction of sp³-hybridized carbons (Fsp3) is 0.0769. The Morgan fingerprint density at radius 3 is 2.57 bits per heavy atom. The van der Waals surface area contributed by atoms with Crippen molar-refractivity contribution in [1.82, 2.24) is 10.3 Å². The lowest BCUT2D eigenvalue weighted by atomic mass is 10.3. The van der Waals surface area contributed by atoms with Gasteiger partial charge in [0.05, 0.1) is 17.1 Å². The lowest BCUT2D eigenvalue weighted by Gasteiger charge is -2.05. The predicted molar refractivity (Wildman–Crippen MR) is 84.0 cm³/mol. The molecule has 0 aliphatic heterocycles. The zero-order valence-corrected chi connectivity index (χ0v) is 13.3. The molecule has 0 atom stereocenters. The van der Waals surface area contributed by atoms with Gasteiger partial charge in [-0.15, -0.1) is 4.40 Å². The van der Waals surface area contributed by atoms with Gasteiger partial charge in [-0.3, -0.25) is 4.98 Å². The number of nitrogens with zero attached hydrogens (tertiary/aromatic N) is 2. The van der Waals surface area contributed by atoms with E-state index in [4.69, 9.17) is 5.73 Å². The summed E-state index contributed by atoms with van der Waals surface area (Å²) in [5.74, 6) is -0.177. The molecule has 3 N–H and O–H groups in total. The maximum absolute atomic E-state index is 12.0. The Balaban J connectivity index is 2.08. The van der Waals surface area contributed by atoms with E-state index in [0.29, 0.717) is 6.54 Å². The molecule has 0 spiro atoms. The average Bonchev–Trinajstić information content (AvgIpc) is 2.46. The normalized spacial score (nSPS) is 12.1. The van der Waals surface area contributed by atoms with E-state index in [2.05, 4.69) is 30.6 Å². The molecule has 0 aliphatic carbocycles. The van der Waals surface area contributed by atoms with Crippen molar-refractivity contribution in [3.05, 3.63) is 58.8 Å². The number of benzene rings is 1. The van der Waals surface area contributed by atoms with E-state index >= 15 is 0 Å². The van der Waals surface area contributed by atoms with Crippen LogP contribution in [-0.4, -0.2) is 19.4 Å². The van der Waals surface area contributed by atoms with E-state index < -0.39 is 10.0 Å². The van der Waals surface area contributed by atoms with E-state index in [1.54, 1.807) is 30.5 Å². The van der Waals surface area contributed by atoms with Crippen LogP contribution in [0.5, 0.6) is 0 Å². The average molecular weight is 369 g/mol. The predicted octanol–water partition coefficient (Wildman–Crippen LogP) is 1.64. The van der Waals surface area contributed by atoms with Crippen molar-refractivity contribution >= 4 is 31.9 Å². The van der Waals surface area contributed by atoms with Crippen molar-refractivity contribution < 1.29 is 8.42 Å². The molecule has 0 saturated carbocycles. The molecule has 0 fully saturated rings. The highest BCUT2D eigenvalue weighted by Gasteiger charge is 2.13. The first-order valence-corrected chi connectivity index (χ1v) is 8.20. The Morgan fingerprint density at radius 2 is 1.95 bits per heavy atom. The number of nitrogens with two attached hydrogens (primary N) is 1. The third-order valence-electron chi connectivity index (χ3n) is 2.51. The van der Waals surface area contributed by atoms with Crippen molar-refractivity contribution in [2.75, 3.05) is 0 Å². The Labute approximate surface area is 131 Å². The van der Waals surface area contributed by atoms with Gasteiger partial charge in [0.2, 0.25) is 5.96 Å². The zero-order valence-electron chi connectivity index (χ0n) is 10.9. The summed E-state index contributed by atoms with van der Waals surface area (Å²) in [5.41, 5.74) is 6.33. The summed E-state index contributed by atoms with van der Waals surface area (Å²) in [6.45, 7) is 0.298. The summed E-state index contributed by atoms with van der Waals surface area (Å²) < 4.78 is 28.4. The Hall–Kier alpha value is -1.93. The van der Waals surface area contributed by atoms with Gasteiger partial charge >= 0.3 is 0 Å². The zero-order chi connectivity index (χ0) is 15.3. The van der Waals surface area contributed by atoms with Gasteiger partial charge in [-0.1, -0.05) is 22.0 Å².